The largest absolute Gasteiger partial charge is 0.507 e. The zero-order chi connectivity index (χ0) is 16.7. The summed E-state index contributed by atoms with van der Waals surface area (Å²) in [6.07, 6.45) is 0. The summed E-state index contributed by atoms with van der Waals surface area (Å²) in [5.74, 6) is 1.04. The molecule has 0 fully saturated rings. The maximum atomic E-state index is 10.5. The molecule has 0 radical (unpaired) electrons. The number of hydrogen-bond acceptors (Lipinski definition) is 2. The molecule has 0 saturated heterocycles. The van der Waals surface area contributed by atoms with Crippen molar-refractivity contribution in [1.82, 2.24) is 0 Å². The minimum atomic E-state index is 0.270. The second-order valence-electron chi connectivity index (χ2n) is 6.08. The van der Waals surface area contributed by atoms with Gasteiger partial charge in [0.05, 0.1) is 7.11 Å². The average Bonchev–Trinajstić information content (AvgIpc) is 2.63. The van der Waals surface area contributed by atoms with E-state index in [0.717, 1.165) is 34.0 Å². The van der Waals surface area contributed by atoms with Crippen LogP contribution in [0.15, 0.2) is 36.4 Å². The van der Waals surface area contributed by atoms with Gasteiger partial charge in [-0.05, 0) is 37.1 Å². The van der Waals surface area contributed by atoms with E-state index < -0.39 is 0 Å². The van der Waals surface area contributed by atoms with E-state index in [0.29, 0.717) is 0 Å². The summed E-state index contributed by atoms with van der Waals surface area (Å²) in [7, 11) is 1.66. The molecule has 0 aromatic heterocycles. The third kappa shape index (κ3) is 2.42. The van der Waals surface area contributed by atoms with Gasteiger partial charge in [-0.25, -0.2) is 0 Å². The quantitative estimate of drug-likeness (QED) is 0.726. The van der Waals surface area contributed by atoms with E-state index in [1.54, 1.807) is 13.2 Å². The first-order valence-electron chi connectivity index (χ1n) is 7.73. The van der Waals surface area contributed by atoms with Crippen LogP contribution in [0, 0.1) is 27.7 Å². The Morgan fingerprint density at radius 2 is 1.48 bits per heavy atom. The normalized spacial score (nSPS) is 11.0. The summed E-state index contributed by atoms with van der Waals surface area (Å²) in [6, 6.07) is 11.9. The van der Waals surface area contributed by atoms with Gasteiger partial charge in [0.2, 0.25) is 5.69 Å². The van der Waals surface area contributed by atoms with Crippen molar-refractivity contribution < 1.29 is 14.4 Å². The summed E-state index contributed by atoms with van der Waals surface area (Å²) in [6.45, 7) is 8.30. The van der Waals surface area contributed by atoms with Gasteiger partial charge in [0, 0.05) is 26.0 Å². The number of aryl methyl sites for hydroxylation is 2. The molecule has 23 heavy (non-hydrogen) atoms. The molecule has 0 unspecified atom stereocenters. The van der Waals surface area contributed by atoms with Crippen molar-refractivity contribution in [2.75, 3.05) is 7.11 Å². The van der Waals surface area contributed by atoms with Gasteiger partial charge in [0.15, 0.2) is 11.4 Å². The number of fused-ring (bicyclic) bond motifs is 1. The lowest BCUT2D eigenvalue weighted by atomic mass is 10.1. The van der Waals surface area contributed by atoms with Crippen LogP contribution in [0.5, 0.6) is 11.5 Å². The summed E-state index contributed by atoms with van der Waals surface area (Å²) in [5, 5.41) is 10.5. The van der Waals surface area contributed by atoms with Gasteiger partial charge in [0.1, 0.15) is 22.6 Å². The summed E-state index contributed by atoms with van der Waals surface area (Å²) in [4.78, 5) is 0. The van der Waals surface area contributed by atoms with Gasteiger partial charge in [-0.1, -0.05) is 12.1 Å². The van der Waals surface area contributed by atoms with Crippen LogP contribution in [-0.2, 0) is 0 Å². The molecule has 3 rings (SSSR count). The number of benzene rings is 1. The van der Waals surface area contributed by atoms with Crippen LogP contribution in [0.2, 0.25) is 0 Å². The van der Waals surface area contributed by atoms with Crippen LogP contribution in [-0.4, -0.2) is 12.2 Å². The number of nitrogens with zero attached hydrogens (tertiary/aromatic N) is 1. The van der Waals surface area contributed by atoms with E-state index in [2.05, 4.69) is 43.5 Å². The molecule has 1 heterocycles. The smallest absolute Gasteiger partial charge is 0.211 e. The Labute approximate surface area is 137 Å². The molecule has 0 saturated carbocycles. The first kappa shape index (κ1) is 15.3. The highest BCUT2D eigenvalue weighted by atomic mass is 16.5. The van der Waals surface area contributed by atoms with Crippen LogP contribution in [0.3, 0.4) is 0 Å². The van der Waals surface area contributed by atoms with Crippen molar-refractivity contribution in [3.63, 3.8) is 0 Å². The minimum absolute atomic E-state index is 0.270. The Morgan fingerprint density at radius 1 is 0.870 bits per heavy atom. The Bertz CT molecular complexity index is 848. The summed E-state index contributed by atoms with van der Waals surface area (Å²) in [5.41, 5.74) is 7.41. The molecule has 1 aliphatic carbocycles. The van der Waals surface area contributed by atoms with Crippen LogP contribution >= 0.6 is 0 Å². The number of aromatic nitrogens is 1. The molecule has 3 heteroatoms. The van der Waals surface area contributed by atoms with Gasteiger partial charge in [-0.3, -0.25) is 0 Å². The lowest BCUT2D eigenvalue weighted by Gasteiger charge is -2.02. The second kappa shape index (κ2) is 5.58. The maximum absolute atomic E-state index is 10.5. The lowest BCUT2D eigenvalue weighted by Crippen LogP contribution is -2.34. The molecular formula is C20H22NO2+. The molecule has 0 bridgehead atoms. The highest BCUT2D eigenvalue weighted by molar-refractivity contribution is 5.79. The predicted octanol–water partition coefficient (Wildman–Crippen LogP) is 4.02. The van der Waals surface area contributed by atoms with Crippen LogP contribution in [0.1, 0.15) is 22.5 Å². The number of methoxy groups -OCH3 is 1. The molecule has 118 valence electrons. The van der Waals surface area contributed by atoms with Crippen molar-refractivity contribution in [1.29, 1.82) is 0 Å². The van der Waals surface area contributed by atoms with Crippen LogP contribution in [0.25, 0.3) is 16.8 Å². The molecule has 0 atom stereocenters. The molecule has 0 amide bonds. The van der Waals surface area contributed by atoms with Crippen molar-refractivity contribution >= 4 is 0 Å². The van der Waals surface area contributed by atoms with Gasteiger partial charge in [-0.15, -0.1) is 0 Å². The zero-order valence-electron chi connectivity index (χ0n) is 14.3. The molecule has 1 aliphatic heterocycles. The lowest BCUT2D eigenvalue weighted by molar-refractivity contribution is -0.604. The number of ether oxygens (including phenoxy) is 1. The molecular weight excluding hydrogens is 286 g/mol. The highest BCUT2D eigenvalue weighted by Crippen LogP contribution is 2.41. The fourth-order valence-electron chi connectivity index (χ4n) is 3.48. The van der Waals surface area contributed by atoms with Crippen molar-refractivity contribution in [2.24, 2.45) is 0 Å². The van der Waals surface area contributed by atoms with E-state index in [1.165, 1.54) is 11.1 Å². The molecule has 2 aliphatic rings. The molecule has 1 aromatic rings. The first-order valence-corrected chi connectivity index (χ1v) is 7.73. The number of rotatable bonds is 2. The molecule has 1 N–H and O–H groups in total. The first-order chi connectivity index (χ1) is 10.9. The standard InChI is InChI=1S/C20H21NO2/c1-12-9-13(2)11-16(10-12)21-14(3)19-17(22)7-6-8-18(23-5)20(19)15(21)4/h6-11H,1-5H3/p+1. The third-order valence-corrected chi connectivity index (χ3v) is 4.33. The summed E-state index contributed by atoms with van der Waals surface area (Å²) >= 11 is 0. The zero-order valence-corrected chi connectivity index (χ0v) is 14.3. The number of hydrogen-bond donors (Lipinski definition) is 1. The van der Waals surface area contributed by atoms with Crippen LogP contribution in [0.4, 0.5) is 0 Å². The number of aromatic hydroxyl groups is 1. The SMILES string of the molecule is COc1cccc(O)c2c(C)[n+](-c3cc(C)cc(C)c3)c(C)c1-2. The summed E-state index contributed by atoms with van der Waals surface area (Å²) < 4.78 is 7.74. The third-order valence-electron chi connectivity index (χ3n) is 4.33. The molecule has 0 spiro atoms. The van der Waals surface area contributed by atoms with Crippen molar-refractivity contribution in [3.05, 3.63) is 58.9 Å². The van der Waals surface area contributed by atoms with Gasteiger partial charge < -0.3 is 9.84 Å². The van der Waals surface area contributed by atoms with Crippen molar-refractivity contribution in [3.8, 4) is 28.3 Å². The van der Waals surface area contributed by atoms with Gasteiger partial charge >= 0.3 is 0 Å². The van der Waals surface area contributed by atoms with E-state index in [-0.39, 0.29) is 5.75 Å². The van der Waals surface area contributed by atoms with E-state index in [4.69, 9.17) is 4.74 Å². The molecule has 3 nitrogen and oxygen atoms in total. The maximum Gasteiger partial charge on any atom is 0.211 e. The van der Waals surface area contributed by atoms with Gasteiger partial charge in [0.25, 0.3) is 0 Å². The van der Waals surface area contributed by atoms with Gasteiger partial charge in [-0.2, -0.15) is 4.57 Å². The Hall–Kier alpha value is -2.55. The van der Waals surface area contributed by atoms with E-state index in [9.17, 15) is 5.11 Å². The Morgan fingerprint density at radius 3 is 2.09 bits per heavy atom. The van der Waals surface area contributed by atoms with E-state index >= 15 is 0 Å². The topological polar surface area (TPSA) is 33.3 Å². The highest BCUT2D eigenvalue weighted by Gasteiger charge is 2.32. The van der Waals surface area contributed by atoms with E-state index in [1.807, 2.05) is 19.1 Å². The average molecular weight is 308 g/mol. The monoisotopic (exact) mass is 308 g/mol. The Balaban J connectivity index is 2.43. The molecule has 1 aromatic carbocycles. The Kier molecular flexibility index (Phi) is 3.72. The fourth-order valence-corrected chi connectivity index (χ4v) is 3.48. The minimum Gasteiger partial charge on any atom is -0.507 e. The predicted molar refractivity (Wildman–Crippen MR) is 91.8 cm³/mol. The van der Waals surface area contributed by atoms with Crippen LogP contribution < -0.4 is 9.30 Å². The second-order valence-corrected chi connectivity index (χ2v) is 6.08. The fraction of sp³-hybridized carbons (Fsp3) is 0.250. The van der Waals surface area contributed by atoms with Crippen molar-refractivity contribution in [2.45, 2.75) is 27.7 Å².